The third-order valence-electron chi connectivity index (χ3n) is 5.17. The number of fused-ring (bicyclic) bond motifs is 2. The molecule has 0 N–H and O–H groups in total. The summed E-state index contributed by atoms with van der Waals surface area (Å²) >= 11 is 0. The highest BCUT2D eigenvalue weighted by Crippen LogP contribution is 2.38. The molecule has 2 unspecified atom stereocenters. The standard InChI is InChI=1S/C17H19N3O2/c21-20(22)14-6-7-15-13(11-14)5-8-17(18-15)19-10-9-12-3-1-2-4-16(12)19/h5-8,11-12,16H,1-4,9-10H2. The third-order valence-corrected chi connectivity index (χ3v) is 5.17. The highest BCUT2D eigenvalue weighted by molar-refractivity contribution is 5.82. The zero-order valence-corrected chi connectivity index (χ0v) is 12.4. The molecule has 0 bridgehead atoms. The van der Waals surface area contributed by atoms with Crippen molar-refractivity contribution in [1.29, 1.82) is 0 Å². The van der Waals surface area contributed by atoms with Crippen LogP contribution in [0.15, 0.2) is 30.3 Å². The minimum atomic E-state index is -0.361. The van der Waals surface area contributed by atoms with E-state index in [9.17, 15) is 10.1 Å². The van der Waals surface area contributed by atoms with Crippen molar-refractivity contribution in [3.63, 3.8) is 0 Å². The molecular formula is C17H19N3O2. The average molecular weight is 297 g/mol. The molecule has 2 fully saturated rings. The number of non-ortho nitro benzene ring substituents is 1. The van der Waals surface area contributed by atoms with Gasteiger partial charge in [0, 0.05) is 30.1 Å². The van der Waals surface area contributed by atoms with Crippen LogP contribution in [0.5, 0.6) is 0 Å². The number of rotatable bonds is 2. The molecule has 1 aliphatic carbocycles. The molecular weight excluding hydrogens is 278 g/mol. The van der Waals surface area contributed by atoms with Crippen molar-refractivity contribution in [2.75, 3.05) is 11.4 Å². The normalized spacial score (nSPS) is 24.5. The number of nitro benzene ring substituents is 1. The number of anilines is 1. The van der Waals surface area contributed by atoms with Crippen LogP contribution in [-0.2, 0) is 0 Å². The summed E-state index contributed by atoms with van der Waals surface area (Å²) in [5.74, 6) is 1.85. The molecule has 2 aliphatic rings. The molecule has 4 rings (SSSR count). The summed E-state index contributed by atoms with van der Waals surface area (Å²) in [4.78, 5) is 17.7. The van der Waals surface area contributed by atoms with E-state index >= 15 is 0 Å². The van der Waals surface area contributed by atoms with E-state index in [0.29, 0.717) is 6.04 Å². The molecule has 2 aromatic rings. The molecule has 5 heteroatoms. The van der Waals surface area contributed by atoms with Crippen LogP contribution in [-0.4, -0.2) is 22.5 Å². The number of nitro groups is 1. The van der Waals surface area contributed by atoms with Gasteiger partial charge in [-0.15, -0.1) is 0 Å². The largest absolute Gasteiger partial charge is 0.353 e. The van der Waals surface area contributed by atoms with Gasteiger partial charge in [-0.05, 0) is 43.4 Å². The second-order valence-electron chi connectivity index (χ2n) is 6.40. The van der Waals surface area contributed by atoms with E-state index in [2.05, 4.69) is 4.90 Å². The highest BCUT2D eigenvalue weighted by Gasteiger charge is 2.36. The van der Waals surface area contributed by atoms with Crippen LogP contribution >= 0.6 is 0 Å². The van der Waals surface area contributed by atoms with Gasteiger partial charge in [-0.1, -0.05) is 12.8 Å². The molecule has 0 spiro atoms. The monoisotopic (exact) mass is 297 g/mol. The first-order chi connectivity index (χ1) is 10.7. The van der Waals surface area contributed by atoms with Gasteiger partial charge in [0.05, 0.1) is 10.4 Å². The molecule has 22 heavy (non-hydrogen) atoms. The second kappa shape index (κ2) is 5.23. The van der Waals surface area contributed by atoms with Crippen LogP contribution < -0.4 is 4.90 Å². The summed E-state index contributed by atoms with van der Waals surface area (Å²) in [6.07, 6.45) is 6.57. The molecule has 0 amide bonds. The predicted octanol–water partition coefficient (Wildman–Crippen LogP) is 3.91. The van der Waals surface area contributed by atoms with E-state index in [1.165, 1.54) is 38.2 Å². The predicted molar refractivity (Wildman–Crippen MR) is 86.1 cm³/mol. The quantitative estimate of drug-likeness (QED) is 0.623. The second-order valence-corrected chi connectivity index (χ2v) is 6.40. The van der Waals surface area contributed by atoms with Gasteiger partial charge < -0.3 is 4.90 Å². The Balaban J connectivity index is 1.68. The summed E-state index contributed by atoms with van der Waals surface area (Å²) in [5.41, 5.74) is 0.956. The minimum Gasteiger partial charge on any atom is -0.353 e. The summed E-state index contributed by atoms with van der Waals surface area (Å²) < 4.78 is 0. The van der Waals surface area contributed by atoms with Crippen molar-refractivity contribution in [2.45, 2.75) is 38.1 Å². The van der Waals surface area contributed by atoms with Gasteiger partial charge in [-0.25, -0.2) is 4.98 Å². The van der Waals surface area contributed by atoms with Gasteiger partial charge in [0.1, 0.15) is 5.82 Å². The van der Waals surface area contributed by atoms with E-state index in [0.717, 1.165) is 29.2 Å². The maximum Gasteiger partial charge on any atom is 0.270 e. The van der Waals surface area contributed by atoms with Crippen LogP contribution in [0.2, 0.25) is 0 Å². The lowest BCUT2D eigenvalue weighted by Gasteiger charge is -2.32. The molecule has 1 saturated heterocycles. The van der Waals surface area contributed by atoms with E-state index in [4.69, 9.17) is 4.98 Å². The summed E-state index contributed by atoms with van der Waals surface area (Å²) in [5, 5.41) is 11.7. The number of benzene rings is 1. The van der Waals surface area contributed by atoms with Gasteiger partial charge in [0.15, 0.2) is 0 Å². The van der Waals surface area contributed by atoms with Crippen molar-refractivity contribution in [3.05, 3.63) is 40.4 Å². The molecule has 0 radical (unpaired) electrons. The maximum atomic E-state index is 10.9. The Morgan fingerprint density at radius 3 is 2.86 bits per heavy atom. The summed E-state index contributed by atoms with van der Waals surface area (Å²) in [6.45, 7) is 1.08. The fourth-order valence-electron chi connectivity index (χ4n) is 4.07. The zero-order chi connectivity index (χ0) is 15.1. The first-order valence-corrected chi connectivity index (χ1v) is 8.04. The van der Waals surface area contributed by atoms with Crippen LogP contribution in [0, 0.1) is 16.0 Å². The number of nitrogens with zero attached hydrogens (tertiary/aromatic N) is 3. The third kappa shape index (κ3) is 2.21. The van der Waals surface area contributed by atoms with Gasteiger partial charge in [-0.2, -0.15) is 0 Å². The topological polar surface area (TPSA) is 59.3 Å². The van der Waals surface area contributed by atoms with Crippen LogP contribution in [0.4, 0.5) is 11.5 Å². The van der Waals surface area contributed by atoms with E-state index < -0.39 is 0 Å². The number of pyridine rings is 1. The summed E-state index contributed by atoms with van der Waals surface area (Å²) in [7, 11) is 0. The smallest absolute Gasteiger partial charge is 0.270 e. The van der Waals surface area contributed by atoms with Crippen LogP contribution in [0.3, 0.4) is 0 Å². The molecule has 1 aliphatic heterocycles. The molecule has 1 aromatic carbocycles. The Morgan fingerprint density at radius 2 is 2.00 bits per heavy atom. The zero-order valence-electron chi connectivity index (χ0n) is 12.4. The summed E-state index contributed by atoms with van der Waals surface area (Å²) in [6, 6.07) is 9.50. The number of aromatic nitrogens is 1. The molecule has 2 atom stereocenters. The lowest BCUT2D eigenvalue weighted by molar-refractivity contribution is -0.384. The van der Waals surface area contributed by atoms with Crippen molar-refractivity contribution in [2.24, 2.45) is 5.92 Å². The molecule has 2 heterocycles. The van der Waals surface area contributed by atoms with Crippen molar-refractivity contribution < 1.29 is 4.92 Å². The lowest BCUT2D eigenvalue weighted by Crippen LogP contribution is -2.35. The van der Waals surface area contributed by atoms with Gasteiger partial charge in [0.2, 0.25) is 0 Å². The van der Waals surface area contributed by atoms with Gasteiger partial charge in [0.25, 0.3) is 5.69 Å². The Kier molecular flexibility index (Phi) is 3.21. The Morgan fingerprint density at radius 1 is 1.14 bits per heavy atom. The van der Waals surface area contributed by atoms with Crippen molar-refractivity contribution in [3.8, 4) is 0 Å². The van der Waals surface area contributed by atoms with Crippen molar-refractivity contribution in [1.82, 2.24) is 4.98 Å². The fourth-order valence-corrected chi connectivity index (χ4v) is 4.07. The molecule has 5 nitrogen and oxygen atoms in total. The van der Waals surface area contributed by atoms with Gasteiger partial charge >= 0.3 is 0 Å². The molecule has 1 aromatic heterocycles. The fraction of sp³-hybridized carbons (Fsp3) is 0.471. The maximum absolute atomic E-state index is 10.9. The SMILES string of the molecule is O=[N+]([O-])c1ccc2nc(N3CCC4CCCCC43)ccc2c1. The van der Waals surface area contributed by atoms with Crippen LogP contribution in [0.25, 0.3) is 10.9 Å². The van der Waals surface area contributed by atoms with E-state index in [1.807, 2.05) is 12.1 Å². The number of hydrogen-bond acceptors (Lipinski definition) is 4. The molecule has 114 valence electrons. The molecule has 1 saturated carbocycles. The van der Waals surface area contributed by atoms with E-state index in [-0.39, 0.29) is 10.6 Å². The average Bonchev–Trinajstić information content (AvgIpc) is 2.98. The van der Waals surface area contributed by atoms with Gasteiger partial charge in [-0.3, -0.25) is 10.1 Å². The first kappa shape index (κ1) is 13.5. The van der Waals surface area contributed by atoms with Crippen LogP contribution in [0.1, 0.15) is 32.1 Å². The number of hydrogen-bond donors (Lipinski definition) is 0. The lowest BCUT2D eigenvalue weighted by atomic mass is 9.85. The van der Waals surface area contributed by atoms with E-state index in [1.54, 1.807) is 12.1 Å². The highest BCUT2D eigenvalue weighted by atomic mass is 16.6. The first-order valence-electron chi connectivity index (χ1n) is 8.04. The van der Waals surface area contributed by atoms with Crippen molar-refractivity contribution >= 4 is 22.4 Å². The Labute approximate surface area is 129 Å². The Bertz CT molecular complexity index is 731. The Hall–Kier alpha value is -2.17. The minimum absolute atomic E-state index is 0.121.